The number of rotatable bonds is 7. The van der Waals surface area contributed by atoms with E-state index in [1.807, 2.05) is 25.2 Å². The first-order valence-corrected chi connectivity index (χ1v) is 7.89. The molecule has 0 spiro atoms. The lowest BCUT2D eigenvalue weighted by Crippen LogP contribution is -2.41. The van der Waals surface area contributed by atoms with Crippen molar-refractivity contribution in [2.45, 2.75) is 13.0 Å². The minimum atomic E-state index is 0. The molecule has 0 radical (unpaired) electrons. The number of methoxy groups -OCH3 is 1. The van der Waals surface area contributed by atoms with E-state index in [0.717, 1.165) is 32.2 Å². The van der Waals surface area contributed by atoms with Gasteiger partial charge < -0.3 is 19.7 Å². The number of likely N-dealkylation sites (tertiary alicyclic amines) is 1. The average Bonchev–Trinajstić information content (AvgIpc) is 3.01. The van der Waals surface area contributed by atoms with Crippen LogP contribution in [0.2, 0.25) is 0 Å². The van der Waals surface area contributed by atoms with Gasteiger partial charge in [0, 0.05) is 39.7 Å². The summed E-state index contributed by atoms with van der Waals surface area (Å²) < 4.78 is 10.9. The second-order valence-corrected chi connectivity index (χ2v) is 5.57. The maximum atomic E-state index is 5.68. The van der Waals surface area contributed by atoms with Crippen LogP contribution in [0.1, 0.15) is 12.0 Å². The maximum absolute atomic E-state index is 5.68. The van der Waals surface area contributed by atoms with Gasteiger partial charge in [0.2, 0.25) is 0 Å². The standard InChI is InChI=1S/C17H27N3O2.HI/c1-18-17(20-10-8-16(12-20)13-21-2)19-9-11-22-14-15-6-4-3-5-7-15;/h3-7,16H,8-14H2,1-2H3,(H,18,19);1H. The van der Waals surface area contributed by atoms with E-state index >= 15 is 0 Å². The Bertz CT molecular complexity index is 456. The van der Waals surface area contributed by atoms with Gasteiger partial charge in [0.1, 0.15) is 0 Å². The van der Waals surface area contributed by atoms with Gasteiger partial charge in [-0.05, 0) is 12.0 Å². The first-order valence-electron chi connectivity index (χ1n) is 7.89. The lowest BCUT2D eigenvalue weighted by atomic mass is 10.1. The van der Waals surface area contributed by atoms with E-state index in [2.05, 4.69) is 27.3 Å². The van der Waals surface area contributed by atoms with Gasteiger partial charge in [0.05, 0.1) is 19.8 Å². The van der Waals surface area contributed by atoms with Crippen LogP contribution < -0.4 is 5.32 Å². The average molecular weight is 433 g/mol. The topological polar surface area (TPSA) is 46.1 Å². The molecule has 5 nitrogen and oxygen atoms in total. The molecule has 1 heterocycles. The monoisotopic (exact) mass is 433 g/mol. The van der Waals surface area contributed by atoms with Crippen molar-refractivity contribution in [2.24, 2.45) is 10.9 Å². The van der Waals surface area contributed by atoms with Crippen LogP contribution in [-0.4, -0.2) is 57.9 Å². The Hall–Kier alpha value is -0.860. The summed E-state index contributed by atoms with van der Waals surface area (Å²) in [5.41, 5.74) is 1.20. The van der Waals surface area contributed by atoms with Crippen LogP contribution in [0.25, 0.3) is 0 Å². The minimum Gasteiger partial charge on any atom is -0.384 e. The molecule has 1 atom stereocenters. The van der Waals surface area contributed by atoms with Crippen molar-refractivity contribution in [3.63, 3.8) is 0 Å². The van der Waals surface area contributed by atoms with E-state index in [1.54, 1.807) is 7.11 Å². The van der Waals surface area contributed by atoms with E-state index in [1.165, 1.54) is 12.0 Å². The van der Waals surface area contributed by atoms with Crippen LogP contribution in [0.5, 0.6) is 0 Å². The predicted molar refractivity (Wildman–Crippen MR) is 104 cm³/mol. The van der Waals surface area contributed by atoms with E-state index in [4.69, 9.17) is 9.47 Å². The molecule has 130 valence electrons. The Morgan fingerprint density at radius 1 is 1.35 bits per heavy atom. The highest BCUT2D eigenvalue weighted by molar-refractivity contribution is 14.0. The summed E-state index contributed by atoms with van der Waals surface area (Å²) in [7, 11) is 3.59. The van der Waals surface area contributed by atoms with Gasteiger partial charge in [-0.25, -0.2) is 0 Å². The molecule has 0 bridgehead atoms. The number of nitrogens with one attached hydrogen (secondary N) is 1. The van der Waals surface area contributed by atoms with Crippen LogP contribution in [0.4, 0.5) is 0 Å². The molecule has 1 aliphatic rings. The Morgan fingerprint density at radius 2 is 2.13 bits per heavy atom. The summed E-state index contributed by atoms with van der Waals surface area (Å²) in [6, 6.07) is 10.2. The van der Waals surface area contributed by atoms with Crippen LogP contribution in [0, 0.1) is 5.92 Å². The minimum absolute atomic E-state index is 0. The molecule has 0 amide bonds. The zero-order valence-corrected chi connectivity index (χ0v) is 16.4. The fraction of sp³-hybridized carbons (Fsp3) is 0.588. The highest BCUT2D eigenvalue weighted by Gasteiger charge is 2.24. The lowest BCUT2D eigenvalue weighted by Gasteiger charge is -2.21. The molecule has 2 rings (SSSR count). The highest BCUT2D eigenvalue weighted by Crippen LogP contribution is 2.16. The number of benzene rings is 1. The second-order valence-electron chi connectivity index (χ2n) is 5.57. The van der Waals surface area contributed by atoms with Gasteiger partial charge in [-0.1, -0.05) is 30.3 Å². The Balaban J connectivity index is 0.00000264. The zero-order chi connectivity index (χ0) is 15.6. The molecule has 1 aliphatic heterocycles. The molecular weight excluding hydrogens is 405 g/mol. The molecule has 0 aliphatic carbocycles. The molecule has 1 saturated heterocycles. The van der Waals surface area contributed by atoms with E-state index in [9.17, 15) is 0 Å². The fourth-order valence-electron chi connectivity index (χ4n) is 2.73. The lowest BCUT2D eigenvalue weighted by molar-refractivity contribution is 0.125. The first-order chi connectivity index (χ1) is 10.8. The van der Waals surface area contributed by atoms with Crippen LogP contribution in [0.15, 0.2) is 35.3 Å². The number of nitrogens with zero attached hydrogens (tertiary/aromatic N) is 2. The Morgan fingerprint density at radius 3 is 2.83 bits per heavy atom. The van der Waals surface area contributed by atoms with Gasteiger partial charge in [-0.15, -0.1) is 24.0 Å². The predicted octanol–water partition coefficient (Wildman–Crippen LogP) is 2.36. The van der Waals surface area contributed by atoms with E-state index in [-0.39, 0.29) is 24.0 Å². The molecule has 23 heavy (non-hydrogen) atoms. The van der Waals surface area contributed by atoms with Gasteiger partial charge in [-0.3, -0.25) is 4.99 Å². The van der Waals surface area contributed by atoms with Crippen LogP contribution >= 0.6 is 24.0 Å². The largest absolute Gasteiger partial charge is 0.384 e. The molecule has 1 aromatic rings. The smallest absolute Gasteiger partial charge is 0.193 e. The molecule has 0 aromatic heterocycles. The summed E-state index contributed by atoms with van der Waals surface area (Å²) in [5.74, 6) is 1.57. The van der Waals surface area contributed by atoms with Gasteiger partial charge in [0.25, 0.3) is 0 Å². The number of aliphatic imine (C=N–C) groups is 1. The number of halogens is 1. The fourth-order valence-corrected chi connectivity index (χ4v) is 2.73. The molecule has 0 saturated carbocycles. The summed E-state index contributed by atoms with van der Waals surface area (Å²) in [4.78, 5) is 6.65. The Kier molecular flexibility index (Phi) is 10.2. The third kappa shape index (κ3) is 7.05. The second kappa shape index (κ2) is 11.6. The number of ether oxygens (including phenoxy) is 2. The van der Waals surface area contributed by atoms with E-state index in [0.29, 0.717) is 19.1 Å². The van der Waals surface area contributed by atoms with Crippen molar-refractivity contribution in [3.05, 3.63) is 35.9 Å². The van der Waals surface area contributed by atoms with Crippen LogP contribution in [-0.2, 0) is 16.1 Å². The third-order valence-electron chi connectivity index (χ3n) is 3.84. The van der Waals surface area contributed by atoms with Crippen molar-refractivity contribution < 1.29 is 9.47 Å². The summed E-state index contributed by atoms with van der Waals surface area (Å²) in [6.45, 7) is 4.97. The van der Waals surface area contributed by atoms with Crippen molar-refractivity contribution in [1.82, 2.24) is 10.2 Å². The van der Waals surface area contributed by atoms with Crippen LogP contribution in [0.3, 0.4) is 0 Å². The molecule has 1 unspecified atom stereocenters. The number of guanidine groups is 1. The quantitative estimate of drug-likeness (QED) is 0.311. The molecule has 1 aromatic carbocycles. The van der Waals surface area contributed by atoms with Gasteiger partial charge >= 0.3 is 0 Å². The normalized spacial score (nSPS) is 17.9. The number of hydrogen-bond donors (Lipinski definition) is 1. The summed E-state index contributed by atoms with van der Waals surface area (Å²) in [6.07, 6.45) is 1.17. The van der Waals surface area contributed by atoms with E-state index < -0.39 is 0 Å². The Labute approximate surface area is 156 Å². The number of hydrogen-bond acceptors (Lipinski definition) is 3. The maximum Gasteiger partial charge on any atom is 0.193 e. The molecule has 6 heteroatoms. The molecule has 1 fully saturated rings. The van der Waals surface area contributed by atoms with Crippen molar-refractivity contribution in [3.8, 4) is 0 Å². The van der Waals surface area contributed by atoms with Crippen molar-refractivity contribution in [1.29, 1.82) is 0 Å². The van der Waals surface area contributed by atoms with Gasteiger partial charge in [-0.2, -0.15) is 0 Å². The first kappa shape index (κ1) is 20.2. The van der Waals surface area contributed by atoms with Crippen molar-refractivity contribution >= 4 is 29.9 Å². The third-order valence-corrected chi connectivity index (χ3v) is 3.84. The van der Waals surface area contributed by atoms with Gasteiger partial charge in [0.15, 0.2) is 5.96 Å². The summed E-state index contributed by atoms with van der Waals surface area (Å²) >= 11 is 0. The summed E-state index contributed by atoms with van der Waals surface area (Å²) in [5, 5.41) is 3.37. The zero-order valence-electron chi connectivity index (χ0n) is 14.0. The SMILES string of the molecule is CN=C(NCCOCc1ccccc1)N1CCC(COC)C1.I. The molecule has 1 N–H and O–H groups in total. The molecular formula is C17H28IN3O2. The highest BCUT2D eigenvalue weighted by atomic mass is 127. The van der Waals surface area contributed by atoms with Crippen molar-refractivity contribution in [2.75, 3.05) is 47.0 Å².